The Bertz CT molecular complexity index is 416. The third-order valence-corrected chi connectivity index (χ3v) is 3.51. The van der Waals surface area contributed by atoms with Gasteiger partial charge in [0.05, 0.1) is 7.11 Å². The van der Waals surface area contributed by atoms with Gasteiger partial charge in [0, 0.05) is 16.5 Å². The number of carbonyl (C=O) groups excluding carboxylic acids is 1. The lowest BCUT2D eigenvalue weighted by Gasteiger charge is -2.37. The lowest BCUT2D eigenvalue weighted by Crippen LogP contribution is -2.51. The van der Waals surface area contributed by atoms with Crippen LogP contribution in [0.1, 0.15) is 38.1 Å². The number of ether oxygens (including phenoxy) is 1. The molecule has 0 aliphatic heterocycles. The van der Waals surface area contributed by atoms with Gasteiger partial charge in [0.25, 0.3) is 0 Å². The molecule has 0 aliphatic rings. The van der Waals surface area contributed by atoms with Gasteiger partial charge in [-0.25, -0.2) is 0 Å². The minimum atomic E-state index is -0.626. The Morgan fingerprint density at radius 3 is 2.29 bits per heavy atom. The van der Waals surface area contributed by atoms with Crippen LogP contribution in [0.5, 0.6) is 5.75 Å². The van der Waals surface area contributed by atoms with Crippen molar-refractivity contribution in [3.05, 3.63) is 29.8 Å². The second-order valence-corrected chi connectivity index (χ2v) is 5.41. The van der Waals surface area contributed by atoms with Crippen LogP contribution in [-0.2, 0) is 0 Å². The van der Waals surface area contributed by atoms with Crippen LogP contribution in [0.15, 0.2) is 24.3 Å². The number of carbonyl (C=O) groups is 1. The largest absolute Gasteiger partial charge is 0.497 e. The van der Waals surface area contributed by atoms with Gasteiger partial charge in [0.1, 0.15) is 5.75 Å². The van der Waals surface area contributed by atoms with E-state index in [1.54, 1.807) is 19.2 Å². The summed E-state index contributed by atoms with van der Waals surface area (Å²) in [5, 5.41) is 0. The van der Waals surface area contributed by atoms with Crippen LogP contribution >= 0.6 is 0 Å². The average molecular weight is 235 g/mol. The topological polar surface area (TPSA) is 52.3 Å². The number of ketones is 1. The van der Waals surface area contributed by atoms with Crippen molar-refractivity contribution < 1.29 is 9.53 Å². The molecule has 1 rings (SSSR count). The van der Waals surface area contributed by atoms with Crippen molar-refractivity contribution in [2.24, 2.45) is 11.1 Å². The summed E-state index contributed by atoms with van der Waals surface area (Å²) in [6.07, 6.45) is 0. The van der Waals surface area contributed by atoms with E-state index in [-0.39, 0.29) is 5.78 Å². The van der Waals surface area contributed by atoms with Crippen molar-refractivity contribution in [2.75, 3.05) is 7.11 Å². The number of rotatable bonds is 4. The molecule has 3 nitrogen and oxygen atoms in total. The summed E-state index contributed by atoms with van der Waals surface area (Å²) in [4.78, 5) is 12.4. The molecule has 0 heterocycles. The Labute approximate surface area is 103 Å². The number of hydrogen-bond acceptors (Lipinski definition) is 3. The molecule has 1 aromatic carbocycles. The molecule has 0 atom stereocenters. The zero-order valence-electron chi connectivity index (χ0n) is 11.2. The first-order valence-corrected chi connectivity index (χ1v) is 5.68. The molecule has 0 spiro atoms. The molecule has 0 saturated carbocycles. The van der Waals surface area contributed by atoms with Crippen molar-refractivity contribution >= 4 is 5.78 Å². The van der Waals surface area contributed by atoms with E-state index in [2.05, 4.69) is 0 Å². The maximum atomic E-state index is 12.4. The highest BCUT2D eigenvalue weighted by atomic mass is 16.5. The van der Waals surface area contributed by atoms with Gasteiger partial charge in [0.2, 0.25) is 0 Å². The molecule has 0 aromatic heterocycles. The van der Waals surface area contributed by atoms with Crippen LogP contribution in [0, 0.1) is 5.41 Å². The van der Waals surface area contributed by atoms with Crippen LogP contribution in [0.2, 0.25) is 0 Å². The molecule has 0 fully saturated rings. The highest BCUT2D eigenvalue weighted by Gasteiger charge is 2.40. The Morgan fingerprint density at radius 2 is 1.82 bits per heavy atom. The normalized spacial score (nSPS) is 12.4. The van der Waals surface area contributed by atoms with Gasteiger partial charge in [-0.1, -0.05) is 26.0 Å². The van der Waals surface area contributed by atoms with Gasteiger partial charge >= 0.3 is 0 Å². The van der Waals surface area contributed by atoms with Gasteiger partial charge in [-0.3, -0.25) is 4.79 Å². The molecule has 17 heavy (non-hydrogen) atoms. The van der Waals surface area contributed by atoms with Crippen molar-refractivity contribution in [1.29, 1.82) is 0 Å². The molecular formula is C14H21NO2. The summed E-state index contributed by atoms with van der Waals surface area (Å²) in [5.74, 6) is 0.713. The molecule has 0 unspecified atom stereocenters. The van der Waals surface area contributed by atoms with E-state index in [0.29, 0.717) is 11.3 Å². The van der Waals surface area contributed by atoms with E-state index in [1.807, 2.05) is 39.8 Å². The molecule has 0 amide bonds. The predicted octanol–water partition coefficient (Wildman–Crippen LogP) is 2.64. The van der Waals surface area contributed by atoms with Crippen LogP contribution in [0.3, 0.4) is 0 Å². The SMILES string of the molecule is COc1cccc(C(=O)C(C)(C)C(C)(C)N)c1. The molecule has 3 heteroatoms. The smallest absolute Gasteiger partial charge is 0.170 e. The first-order valence-electron chi connectivity index (χ1n) is 5.68. The third kappa shape index (κ3) is 2.67. The number of hydrogen-bond donors (Lipinski definition) is 1. The molecule has 0 bridgehead atoms. The fraction of sp³-hybridized carbons (Fsp3) is 0.500. The van der Waals surface area contributed by atoms with E-state index in [1.165, 1.54) is 0 Å². The van der Waals surface area contributed by atoms with Gasteiger partial charge < -0.3 is 10.5 Å². The minimum Gasteiger partial charge on any atom is -0.497 e. The number of methoxy groups -OCH3 is 1. The summed E-state index contributed by atoms with van der Waals surface area (Å²) in [6.45, 7) is 7.47. The standard InChI is InChI=1S/C14H21NO2/c1-13(2,14(3,4)15)12(16)10-7-6-8-11(9-10)17-5/h6-9H,15H2,1-5H3. The number of nitrogens with two attached hydrogens (primary N) is 1. The molecule has 2 N–H and O–H groups in total. The second kappa shape index (κ2) is 4.49. The van der Waals surface area contributed by atoms with Crippen molar-refractivity contribution in [2.45, 2.75) is 33.2 Å². The van der Waals surface area contributed by atoms with Crippen LogP contribution in [0.25, 0.3) is 0 Å². The monoisotopic (exact) mass is 235 g/mol. The van der Waals surface area contributed by atoms with E-state index >= 15 is 0 Å². The summed E-state index contributed by atoms with van der Waals surface area (Å²) in [6, 6.07) is 7.16. The second-order valence-electron chi connectivity index (χ2n) is 5.41. The summed E-state index contributed by atoms with van der Waals surface area (Å²) < 4.78 is 5.12. The quantitative estimate of drug-likeness (QED) is 0.816. The number of benzene rings is 1. The molecule has 0 aliphatic carbocycles. The molecule has 0 saturated heterocycles. The summed E-state index contributed by atoms with van der Waals surface area (Å²) in [5.41, 5.74) is 5.50. The zero-order valence-corrected chi connectivity index (χ0v) is 11.2. The Balaban J connectivity index is 3.12. The first kappa shape index (κ1) is 13.7. The highest BCUT2D eigenvalue weighted by molar-refractivity contribution is 6.01. The van der Waals surface area contributed by atoms with Gasteiger partial charge in [-0.15, -0.1) is 0 Å². The fourth-order valence-corrected chi connectivity index (χ4v) is 1.42. The maximum absolute atomic E-state index is 12.4. The average Bonchev–Trinajstić information content (AvgIpc) is 2.26. The lowest BCUT2D eigenvalue weighted by atomic mass is 9.70. The van der Waals surface area contributed by atoms with Crippen LogP contribution < -0.4 is 10.5 Å². The van der Waals surface area contributed by atoms with E-state index in [4.69, 9.17) is 10.5 Å². The summed E-state index contributed by atoms with van der Waals surface area (Å²) in [7, 11) is 1.58. The summed E-state index contributed by atoms with van der Waals surface area (Å²) >= 11 is 0. The van der Waals surface area contributed by atoms with E-state index in [9.17, 15) is 4.79 Å². The fourth-order valence-electron chi connectivity index (χ4n) is 1.42. The van der Waals surface area contributed by atoms with E-state index in [0.717, 1.165) is 0 Å². The van der Waals surface area contributed by atoms with Crippen molar-refractivity contribution in [3.63, 3.8) is 0 Å². The minimum absolute atomic E-state index is 0.0314. The highest BCUT2D eigenvalue weighted by Crippen LogP contribution is 2.32. The molecular weight excluding hydrogens is 214 g/mol. The molecule has 1 aromatic rings. The van der Waals surface area contributed by atoms with Crippen LogP contribution in [-0.4, -0.2) is 18.4 Å². The first-order chi connectivity index (χ1) is 7.70. The Hall–Kier alpha value is -1.35. The predicted molar refractivity (Wildman–Crippen MR) is 69.4 cm³/mol. The third-order valence-electron chi connectivity index (χ3n) is 3.51. The van der Waals surface area contributed by atoms with Crippen molar-refractivity contribution in [3.8, 4) is 5.75 Å². The van der Waals surface area contributed by atoms with E-state index < -0.39 is 11.0 Å². The maximum Gasteiger partial charge on any atom is 0.170 e. The number of Topliss-reactive ketones (excluding diaryl/α,β-unsaturated/α-hetero) is 1. The van der Waals surface area contributed by atoms with Gasteiger partial charge in [0.15, 0.2) is 5.78 Å². The zero-order chi connectivity index (χ0) is 13.3. The van der Waals surface area contributed by atoms with Gasteiger partial charge in [-0.2, -0.15) is 0 Å². The van der Waals surface area contributed by atoms with Gasteiger partial charge in [-0.05, 0) is 26.0 Å². The van der Waals surface area contributed by atoms with Crippen LogP contribution in [0.4, 0.5) is 0 Å². The van der Waals surface area contributed by atoms with Crippen molar-refractivity contribution in [1.82, 2.24) is 0 Å². The Morgan fingerprint density at radius 1 is 1.24 bits per heavy atom. The lowest BCUT2D eigenvalue weighted by molar-refractivity contribution is 0.0734. The Kier molecular flexibility index (Phi) is 3.62. The molecule has 94 valence electrons. The molecule has 0 radical (unpaired) electrons.